The van der Waals surface area contributed by atoms with E-state index in [4.69, 9.17) is 0 Å². The van der Waals surface area contributed by atoms with E-state index in [2.05, 4.69) is 5.32 Å². The van der Waals surface area contributed by atoms with E-state index in [0.29, 0.717) is 13.0 Å². The van der Waals surface area contributed by atoms with Crippen molar-refractivity contribution in [2.75, 3.05) is 13.2 Å². The molecule has 1 fully saturated rings. The fourth-order valence-corrected chi connectivity index (χ4v) is 0.774. The van der Waals surface area contributed by atoms with Crippen LogP contribution in [-0.4, -0.2) is 19.1 Å². The summed E-state index contributed by atoms with van der Waals surface area (Å²) < 4.78 is 11.7. The normalized spacial score (nSPS) is 22.5. The molecular weight excluding hydrogens is 180 g/mol. The van der Waals surface area contributed by atoms with Crippen molar-refractivity contribution in [3.63, 3.8) is 0 Å². The van der Waals surface area contributed by atoms with Gasteiger partial charge in [-0.05, 0) is 0 Å². The molecule has 1 heterocycles. The Balaban J connectivity index is 0. The van der Waals surface area contributed by atoms with E-state index < -0.39 is 0 Å². The quantitative estimate of drug-likeness (QED) is 0.654. The van der Waals surface area contributed by atoms with Crippen molar-refractivity contribution in [1.29, 1.82) is 0 Å². The fraction of sp³-hybridized carbons (Fsp3) is 0.800. The molecule has 1 unspecified atom stereocenters. The molecule has 0 bridgehead atoms. The summed E-state index contributed by atoms with van der Waals surface area (Å²) in [6.07, 6.45) is 0.372. The molecule has 1 aliphatic heterocycles. The molecule has 2 nitrogen and oxygen atoms in total. The van der Waals surface area contributed by atoms with Gasteiger partial charge in [-0.2, -0.15) is 0 Å². The summed E-state index contributed by atoms with van der Waals surface area (Å²) in [6, 6.07) is 0. The standard InChI is InChI=1S/C5H8FNO.2ClH/c6-2-4-1-5(8)7-3-4;;/h4H,1-3H2,(H,7,8);2*1H. The van der Waals surface area contributed by atoms with Gasteiger partial charge in [0.15, 0.2) is 0 Å². The highest BCUT2D eigenvalue weighted by molar-refractivity contribution is 5.85. The number of carbonyl (C=O) groups excluding carboxylic acids is 1. The zero-order chi connectivity index (χ0) is 5.98. The van der Waals surface area contributed by atoms with E-state index in [9.17, 15) is 9.18 Å². The van der Waals surface area contributed by atoms with Gasteiger partial charge in [0, 0.05) is 18.9 Å². The molecule has 1 N–H and O–H groups in total. The van der Waals surface area contributed by atoms with Crippen LogP contribution in [0.15, 0.2) is 0 Å². The summed E-state index contributed by atoms with van der Waals surface area (Å²) in [5, 5.41) is 2.54. The van der Waals surface area contributed by atoms with Crippen molar-refractivity contribution in [2.24, 2.45) is 5.92 Å². The highest BCUT2D eigenvalue weighted by Crippen LogP contribution is 2.07. The Labute approximate surface area is 71.4 Å². The third kappa shape index (κ3) is 3.22. The number of hydrogen-bond donors (Lipinski definition) is 1. The Morgan fingerprint density at radius 1 is 1.60 bits per heavy atom. The topological polar surface area (TPSA) is 29.1 Å². The highest BCUT2D eigenvalue weighted by Gasteiger charge is 2.20. The van der Waals surface area contributed by atoms with Gasteiger partial charge in [-0.25, -0.2) is 0 Å². The molecule has 0 radical (unpaired) electrons. The van der Waals surface area contributed by atoms with Crippen LogP contribution in [0.5, 0.6) is 0 Å². The molecule has 62 valence electrons. The summed E-state index contributed by atoms with van der Waals surface area (Å²) in [7, 11) is 0. The molecule has 0 aromatic rings. The Bertz CT molecular complexity index is 112. The lowest BCUT2D eigenvalue weighted by Crippen LogP contribution is -2.14. The molecule has 1 rings (SSSR count). The zero-order valence-corrected chi connectivity index (χ0v) is 6.93. The van der Waals surface area contributed by atoms with Crippen LogP contribution in [0.1, 0.15) is 6.42 Å². The van der Waals surface area contributed by atoms with Crippen LogP contribution in [0.3, 0.4) is 0 Å². The Kier molecular flexibility index (Phi) is 7.26. The van der Waals surface area contributed by atoms with Gasteiger partial charge in [-0.15, -0.1) is 24.8 Å². The van der Waals surface area contributed by atoms with Gasteiger partial charge >= 0.3 is 0 Å². The minimum atomic E-state index is -0.376. The molecular formula is C5H10Cl2FNO. The highest BCUT2D eigenvalue weighted by atomic mass is 35.5. The third-order valence-corrected chi connectivity index (χ3v) is 1.28. The lowest BCUT2D eigenvalue weighted by molar-refractivity contribution is -0.119. The average Bonchev–Trinajstić information content (AvgIpc) is 2.14. The maximum atomic E-state index is 11.7. The predicted molar refractivity (Wildman–Crippen MR) is 41.6 cm³/mol. The minimum Gasteiger partial charge on any atom is -0.356 e. The first-order valence-electron chi connectivity index (χ1n) is 2.65. The van der Waals surface area contributed by atoms with E-state index in [1.54, 1.807) is 0 Å². The van der Waals surface area contributed by atoms with Crippen LogP contribution >= 0.6 is 24.8 Å². The maximum Gasteiger partial charge on any atom is 0.220 e. The van der Waals surface area contributed by atoms with Gasteiger partial charge in [-0.1, -0.05) is 0 Å². The molecule has 0 aromatic heterocycles. The van der Waals surface area contributed by atoms with Crippen molar-refractivity contribution in [2.45, 2.75) is 6.42 Å². The van der Waals surface area contributed by atoms with E-state index >= 15 is 0 Å². The fourth-order valence-electron chi connectivity index (χ4n) is 0.774. The Morgan fingerprint density at radius 3 is 2.40 bits per heavy atom. The molecule has 0 saturated carbocycles. The van der Waals surface area contributed by atoms with Gasteiger partial charge in [0.25, 0.3) is 0 Å². The molecule has 10 heavy (non-hydrogen) atoms. The second-order valence-electron chi connectivity index (χ2n) is 2.03. The largest absolute Gasteiger partial charge is 0.356 e. The number of carbonyl (C=O) groups is 1. The molecule has 1 aliphatic rings. The number of rotatable bonds is 1. The van der Waals surface area contributed by atoms with Crippen molar-refractivity contribution in [3.05, 3.63) is 0 Å². The lowest BCUT2D eigenvalue weighted by atomic mass is 10.1. The molecule has 0 aromatic carbocycles. The second-order valence-corrected chi connectivity index (χ2v) is 2.03. The monoisotopic (exact) mass is 189 g/mol. The number of hydrogen-bond acceptors (Lipinski definition) is 1. The van der Waals surface area contributed by atoms with Crippen LogP contribution in [0.2, 0.25) is 0 Å². The predicted octanol–water partition coefficient (Wildman–Crippen LogP) is 0.936. The van der Waals surface area contributed by atoms with Gasteiger partial charge < -0.3 is 5.32 Å². The van der Waals surface area contributed by atoms with Crippen LogP contribution in [-0.2, 0) is 4.79 Å². The van der Waals surface area contributed by atoms with E-state index in [0.717, 1.165) is 0 Å². The van der Waals surface area contributed by atoms with Crippen LogP contribution in [0, 0.1) is 5.92 Å². The molecule has 1 amide bonds. The number of nitrogens with one attached hydrogen (secondary N) is 1. The molecule has 1 saturated heterocycles. The van der Waals surface area contributed by atoms with E-state index in [-0.39, 0.29) is 43.3 Å². The smallest absolute Gasteiger partial charge is 0.220 e. The Hall–Kier alpha value is -0.0200. The van der Waals surface area contributed by atoms with Crippen molar-refractivity contribution in [1.82, 2.24) is 5.32 Å². The van der Waals surface area contributed by atoms with Crippen molar-refractivity contribution in [3.8, 4) is 0 Å². The van der Waals surface area contributed by atoms with Gasteiger partial charge in [0.05, 0.1) is 6.67 Å². The summed E-state index contributed by atoms with van der Waals surface area (Å²) >= 11 is 0. The second kappa shape index (κ2) is 5.74. The van der Waals surface area contributed by atoms with Crippen molar-refractivity contribution < 1.29 is 9.18 Å². The minimum absolute atomic E-state index is 0. The summed E-state index contributed by atoms with van der Waals surface area (Å²) in [6.45, 7) is 0.147. The molecule has 1 atom stereocenters. The number of alkyl halides is 1. The first-order chi connectivity index (χ1) is 3.83. The van der Waals surface area contributed by atoms with Gasteiger partial charge in [0.1, 0.15) is 0 Å². The zero-order valence-electron chi connectivity index (χ0n) is 5.30. The first-order valence-corrected chi connectivity index (χ1v) is 2.65. The van der Waals surface area contributed by atoms with Crippen LogP contribution in [0.4, 0.5) is 4.39 Å². The summed E-state index contributed by atoms with van der Waals surface area (Å²) in [4.78, 5) is 10.3. The van der Waals surface area contributed by atoms with E-state index in [1.807, 2.05) is 0 Å². The number of halogens is 3. The molecule has 5 heteroatoms. The van der Waals surface area contributed by atoms with E-state index in [1.165, 1.54) is 0 Å². The van der Waals surface area contributed by atoms with Gasteiger partial charge in [0.2, 0.25) is 5.91 Å². The van der Waals surface area contributed by atoms with Crippen LogP contribution < -0.4 is 5.32 Å². The third-order valence-electron chi connectivity index (χ3n) is 1.28. The van der Waals surface area contributed by atoms with Gasteiger partial charge in [-0.3, -0.25) is 9.18 Å². The molecule has 0 aliphatic carbocycles. The first kappa shape index (κ1) is 12.6. The molecule has 0 spiro atoms. The number of amides is 1. The summed E-state index contributed by atoms with van der Waals surface area (Å²) in [5.74, 6) is -0.0739. The average molecular weight is 190 g/mol. The maximum absolute atomic E-state index is 11.7. The Morgan fingerprint density at radius 2 is 2.20 bits per heavy atom. The van der Waals surface area contributed by atoms with Crippen molar-refractivity contribution >= 4 is 30.7 Å². The summed E-state index contributed by atoms with van der Waals surface area (Å²) in [5.41, 5.74) is 0. The lowest BCUT2D eigenvalue weighted by Gasteiger charge is -1.94. The SMILES string of the molecule is Cl.Cl.O=C1CC(CF)CN1. The van der Waals surface area contributed by atoms with Crippen LogP contribution in [0.25, 0.3) is 0 Å².